The SMILES string of the molecule is CCC/C=C/CC(CC(=O)OC)C(=O)O. The lowest BCUT2D eigenvalue weighted by Gasteiger charge is -2.07. The topological polar surface area (TPSA) is 63.6 Å². The lowest BCUT2D eigenvalue weighted by Crippen LogP contribution is -2.18. The van der Waals surface area contributed by atoms with Gasteiger partial charge in [0.15, 0.2) is 0 Å². The fourth-order valence-corrected chi connectivity index (χ4v) is 1.10. The van der Waals surface area contributed by atoms with Crippen LogP contribution in [-0.2, 0) is 14.3 Å². The van der Waals surface area contributed by atoms with E-state index in [0.29, 0.717) is 6.42 Å². The zero-order valence-electron chi connectivity index (χ0n) is 9.23. The lowest BCUT2D eigenvalue weighted by molar-refractivity contribution is -0.149. The Bertz CT molecular complexity index is 233. The molecule has 0 aliphatic rings. The van der Waals surface area contributed by atoms with Crippen molar-refractivity contribution in [3.05, 3.63) is 12.2 Å². The van der Waals surface area contributed by atoms with E-state index in [1.807, 2.05) is 19.1 Å². The van der Waals surface area contributed by atoms with Gasteiger partial charge < -0.3 is 9.84 Å². The van der Waals surface area contributed by atoms with Crippen LogP contribution in [0.3, 0.4) is 0 Å². The van der Waals surface area contributed by atoms with Crippen molar-refractivity contribution in [2.75, 3.05) is 7.11 Å². The second-order valence-electron chi connectivity index (χ2n) is 3.31. The number of carboxylic acids is 1. The molecule has 0 heterocycles. The Morgan fingerprint density at radius 1 is 1.40 bits per heavy atom. The number of carboxylic acid groups (broad SMARTS) is 1. The van der Waals surface area contributed by atoms with Crippen molar-refractivity contribution >= 4 is 11.9 Å². The van der Waals surface area contributed by atoms with Gasteiger partial charge >= 0.3 is 11.9 Å². The van der Waals surface area contributed by atoms with Gasteiger partial charge in [0.05, 0.1) is 19.4 Å². The number of aliphatic carboxylic acids is 1. The molecule has 0 bridgehead atoms. The molecule has 15 heavy (non-hydrogen) atoms. The van der Waals surface area contributed by atoms with Gasteiger partial charge in [-0.25, -0.2) is 0 Å². The van der Waals surface area contributed by atoms with Gasteiger partial charge in [0.2, 0.25) is 0 Å². The van der Waals surface area contributed by atoms with Crippen molar-refractivity contribution in [3.8, 4) is 0 Å². The van der Waals surface area contributed by atoms with Gasteiger partial charge in [-0.15, -0.1) is 0 Å². The molecule has 0 aromatic heterocycles. The summed E-state index contributed by atoms with van der Waals surface area (Å²) in [7, 11) is 1.26. The fourth-order valence-electron chi connectivity index (χ4n) is 1.10. The third kappa shape index (κ3) is 6.71. The highest BCUT2D eigenvalue weighted by Gasteiger charge is 2.19. The molecule has 86 valence electrons. The Labute approximate surface area is 89.9 Å². The summed E-state index contributed by atoms with van der Waals surface area (Å²) in [6, 6.07) is 0. The maximum absolute atomic E-state index is 10.9. The minimum Gasteiger partial charge on any atom is -0.481 e. The predicted octanol–water partition coefficient (Wildman–Crippen LogP) is 2.00. The van der Waals surface area contributed by atoms with Crippen LogP contribution in [0.2, 0.25) is 0 Å². The van der Waals surface area contributed by atoms with Gasteiger partial charge in [0.1, 0.15) is 0 Å². The van der Waals surface area contributed by atoms with E-state index in [2.05, 4.69) is 4.74 Å². The molecule has 0 aromatic rings. The molecular weight excluding hydrogens is 196 g/mol. The van der Waals surface area contributed by atoms with Crippen molar-refractivity contribution in [2.24, 2.45) is 5.92 Å². The van der Waals surface area contributed by atoms with Crippen LogP contribution >= 0.6 is 0 Å². The van der Waals surface area contributed by atoms with E-state index < -0.39 is 17.9 Å². The standard InChI is InChI=1S/C11H18O4/c1-3-4-5-6-7-9(11(13)14)8-10(12)15-2/h5-6,9H,3-4,7-8H2,1-2H3,(H,13,14)/b6-5+. The molecule has 0 aromatic carbocycles. The minimum atomic E-state index is -0.957. The molecule has 0 amide bonds. The van der Waals surface area contributed by atoms with Gasteiger partial charge in [-0.2, -0.15) is 0 Å². The number of ether oxygens (including phenoxy) is 1. The summed E-state index contributed by atoms with van der Waals surface area (Å²) in [5.41, 5.74) is 0. The number of carbonyl (C=O) groups is 2. The van der Waals surface area contributed by atoms with Crippen LogP contribution in [0.25, 0.3) is 0 Å². The Balaban J connectivity index is 4.05. The maximum Gasteiger partial charge on any atom is 0.307 e. The summed E-state index contributed by atoms with van der Waals surface area (Å²) in [6.07, 6.45) is 6.03. The summed E-state index contributed by atoms with van der Waals surface area (Å²) in [5, 5.41) is 8.83. The van der Waals surface area contributed by atoms with Crippen LogP contribution in [-0.4, -0.2) is 24.2 Å². The minimum absolute atomic E-state index is 0.0672. The first-order valence-electron chi connectivity index (χ1n) is 5.06. The molecule has 1 atom stereocenters. The smallest absolute Gasteiger partial charge is 0.307 e. The highest BCUT2D eigenvalue weighted by molar-refractivity contribution is 5.78. The van der Waals surface area contributed by atoms with Crippen molar-refractivity contribution < 1.29 is 19.4 Å². The first-order valence-corrected chi connectivity index (χ1v) is 5.06. The van der Waals surface area contributed by atoms with Crippen LogP contribution in [0.5, 0.6) is 0 Å². The Morgan fingerprint density at radius 3 is 2.53 bits per heavy atom. The fraction of sp³-hybridized carbons (Fsp3) is 0.636. The maximum atomic E-state index is 10.9. The summed E-state index contributed by atoms with van der Waals surface area (Å²) in [6.45, 7) is 2.05. The molecule has 0 saturated heterocycles. The third-order valence-electron chi connectivity index (χ3n) is 2.03. The van der Waals surface area contributed by atoms with Crippen molar-refractivity contribution in [1.29, 1.82) is 0 Å². The first-order chi connectivity index (χ1) is 7.11. The largest absolute Gasteiger partial charge is 0.481 e. The van der Waals surface area contributed by atoms with E-state index in [9.17, 15) is 9.59 Å². The molecule has 0 aliphatic heterocycles. The van der Waals surface area contributed by atoms with Crippen LogP contribution < -0.4 is 0 Å². The number of carbonyl (C=O) groups excluding carboxylic acids is 1. The van der Waals surface area contributed by atoms with Crippen LogP contribution in [0.4, 0.5) is 0 Å². The molecule has 0 fully saturated rings. The number of hydrogen-bond donors (Lipinski definition) is 1. The third-order valence-corrected chi connectivity index (χ3v) is 2.03. The predicted molar refractivity (Wildman–Crippen MR) is 56.4 cm³/mol. The summed E-state index contributed by atoms with van der Waals surface area (Å²) >= 11 is 0. The Kier molecular flexibility index (Phi) is 7.32. The Hall–Kier alpha value is -1.32. The summed E-state index contributed by atoms with van der Waals surface area (Å²) in [4.78, 5) is 21.7. The molecule has 0 saturated carbocycles. The van der Waals surface area contributed by atoms with Crippen LogP contribution in [0.15, 0.2) is 12.2 Å². The van der Waals surface area contributed by atoms with Crippen molar-refractivity contribution in [1.82, 2.24) is 0 Å². The number of rotatable bonds is 7. The van der Waals surface area contributed by atoms with Crippen molar-refractivity contribution in [2.45, 2.75) is 32.6 Å². The van der Waals surface area contributed by atoms with Crippen molar-refractivity contribution in [3.63, 3.8) is 0 Å². The van der Waals surface area contributed by atoms with E-state index in [1.165, 1.54) is 7.11 Å². The van der Waals surface area contributed by atoms with E-state index in [4.69, 9.17) is 5.11 Å². The van der Waals surface area contributed by atoms with Gasteiger partial charge in [-0.05, 0) is 12.8 Å². The highest BCUT2D eigenvalue weighted by Crippen LogP contribution is 2.11. The molecule has 1 unspecified atom stereocenters. The number of hydrogen-bond acceptors (Lipinski definition) is 3. The van der Waals surface area contributed by atoms with E-state index in [-0.39, 0.29) is 6.42 Å². The number of methoxy groups -OCH3 is 1. The normalized spacial score (nSPS) is 12.7. The molecular formula is C11H18O4. The zero-order valence-corrected chi connectivity index (χ0v) is 9.23. The van der Waals surface area contributed by atoms with Gasteiger partial charge in [-0.1, -0.05) is 25.5 Å². The van der Waals surface area contributed by atoms with E-state index >= 15 is 0 Å². The molecule has 4 nitrogen and oxygen atoms in total. The molecule has 0 spiro atoms. The highest BCUT2D eigenvalue weighted by atomic mass is 16.5. The quantitative estimate of drug-likeness (QED) is 0.520. The second kappa shape index (κ2) is 8.03. The molecule has 0 radical (unpaired) electrons. The first kappa shape index (κ1) is 13.7. The van der Waals surface area contributed by atoms with Crippen LogP contribution in [0.1, 0.15) is 32.6 Å². The summed E-state index contributed by atoms with van der Waals surface area (Å²) < 4.78 is 4.43. The Morgan fingerprint density at radius 2 is 2.07 bits per heavy atom. The number of allylic oxidation sites excluding steroid dienone is 2. The summed E-state index contributed by atoms with van der Waals surface area (Å²) in [5.74, 6) is -2.11. The average Bonchev–Trinajstić information content (AvgIpc) is 2.21. The van der Waals surface area contributed by atoms with Gasteiger partial charge in [0.25, 0.3) is 0 Å². The van der Waals surface area contributed by atoms with Gasteiger partial charge in [-0.3, -0.25) is 9.59 Å². The molecule has 0 aliphatic carbocycles. The van der Waals surface area contributed by atoms with Crippen LogP contribution in [0, 0.1) is 5.92 Å². The lowest BCUT2D eigenvalue weighted by atomic mass is 10.0. The van der Waals surface area contributed by atoms with Gasteiger partial charge in [0, 0.05) is 0 Å². The second-order valence-corrected chi connectivity index (χ2v) is 3.31. The average molecular weight is 214 g/mol. The molecule has 0 rings (SSSR count). The van der Waals surface area contributed by atoms with E-state index in [0.717, 1.165) is 12.8 Å². The monoisotopic (exact) mass is 214 g/mol. The molecule has 1 N–H and O–H groups in total. The zero-order chi connectivity index (χ0) is 11.7. The number of esters is 1. The molecule has 4 heteroatoms. The number of unbranched alkanes of at least 4 members (excludes halogenated alkanes) is 1. The van der Waals surface area contributed by atoms with E-state index in [1.54, 1.807) is 0 Å².